The Bertz CT molecular complexity index is 972. The lowest BCUT2D eigenvalue weighted by atomic mass is 9.77. The summed E-state index contributed by atoms with van der Waals surface area (Å²) in [6, 6.07) is 6.74. The standard InChI is InChI=1S/C18H13Br2F3N2O4/c19-9-6-10(15(27)11(20)7-9)13-12(14(26)8-4-2-1-3-5-8)17(29,18(21,22)23)25-16(28)24-13/h1-7,12-13,27,29H,(H2,24,25,28)/t12-,13+,17+/m0/s1. The highest BCUT2D eigenvalue weighted by Gasteiger charge is 2.66. The predicted octanol–water partition coefficient (Wildman–Crippen LogP) is 4.02. The zero-order valence-electron chi connectivity index (χ0n) is 14.3. The van der Waals surface area contributed by atoms with Crippen molar-refractivity contribution in [3.05, 3.63) is 62.5 Å². The Hall–Kier alpha value is -2.11. The van der Waals surface area contributed by atoms with E-state index in [9.17, 15) is 33.0 Å². The monoisotopic (exact) mass is 536 g/mol. The van der Waals surface area contributed by atoms with Crippen LogP contribution in [0.1, 0.15) is 22.0 Å². The third-order valence-electron chi connectivity index (χ3n) is 4.54. The van der Waals surface area contributed by atoms with Crippen LogP contribution in [0.4, 0.5) is 18.0 Å². The molecule has 29 heavy (non-hydrogen) atoms. The maximum Gasteiger partial charge on any atom is 0.437 e. The van der Waals surface area contributed by atoms with E-state index in [1.54, 1.807) is 6.07 Å². The third kappa shape index (κ3) is 3.86. The number of aromatic hydroxyl groups is 1. The van der Waals surface area contributed by atoms with Crippen LogP contribution in [0.15, 0.2) is 51.4 Å². The van der Waals surface area contributed by atoms with E-state index >= 15 is 0 Å². The Morgan fingerprint density at radius 1 is 1.14 bits per heavy atom. The quantitative estimate of drug-likeness (QED) is 0.444. The van der Waals surface area contributed by atoms with Gasteiger partial charge in [-0.1, -0.05) is 46.3 Å². The lowest BCUT2D eigenvalue weighted by Crippen LogP contribution is -2.72. The molecule has 1 aliphatic rings. The molecule has 11 heteroatoms. The molecule has 2 aromatic rings. The zero-order valence-corrected chi connectivity index (χ0v) is 17.5. The highest BCUT2D eigenvalue weighted by molar-refractivity contribution is 9.11. The predicted molar refractivity (Wildman–Crippen MR) is 103 cm³/mol. The van der Waals surface area contributed by atoms with Crippen LogP contribution in [0.3, 0.4) is 0 Å². The molecule has 1 saturated heterocycles. The lowest BCUT2D eigenvalue weighted by molar-refractivity contribution is -0.287. The second-order valence-electron chi connectivity index (χ2n) is 6.37. The van der Waals surface area contributed by atoms with E-state index in [-0.39, 0.29) is 15.6 Å². The van der Waals surface area contributed by atoms with E-state index < -0.39 is 41.4 Å². The van der Waals surface area contributed by atoms with E-state index in [1.165, 1.54) is 41.7 Å². The molecule has 1 heterocycles. The second kappa shape index (κ2) is 7.62. The molecule has 0 aromatic heterocycles. The van der Waals surface area contributed by atoms with Gasteiger partial charge in [0.05, 0.1) is 10.5 Å². The Kier molecular flexibility index (Phi) is 5.67. The number of phenols is 1. The molecular weight excluding hydrogens is 525 g/mol. The number of carbonyl (C=O) groups is 2. The third-order valence-corrected chi connectivity index (χ3v) is 5.60. The summed E-state index contributed by atoms with van der Waals surface area (Å²) < 4.78 is 42.0. The number of Topliss-reactive ketones (excluding diaryl/α,β-unsaturated/α-hetero) is 1. The average molecular weight is 538 g/mol. The van der Waals surface area contributed by atoms with Crippen LogP contribution >= 0.6 is 31.9 Å². The molecule has 6 nitrogen and oxygen atoms in total. The summed E-state index contributed by atoms with van der Waals surface area (Å²) in [4.78, 5) is 25.1. The minimum absolute atomic E-state index is 0.100. The number of carbonyl (C=O) groups excluding carboxylic acids is 2. The van der Waals surface area contributed by atoms with Gasteiger partial charge >= 0.3 is 12.2 Å². The smallest absolute Gasteiger partial charge is 0.437 e. The summed E-state index contributed by atoms with van der Waals surface area (Å²) in [5.41, 5.74) is -4.15. The molecule has 4 N–H and O–H groups in total. The first kappa shape index (κ1) is 21.6. The topological polar surface area (TPSA) is 98.7 Å². The number of hydrogen-bond donors (Lipinski definition) is 4. The van der Waals surface area contributed by atoms with Gasteiger partial charge < -0.3 is 20.8 Å². The normalized spacial score (nSPS) is 24.6. The molecule has 1 fully saturated rings. The highest BCUT2D eigenvalue weighted by Crippen LogP contribution is 2.47. The van der Waals surface area contributed by atoms with Gasteiger partial charge in [-0.05, 0) is 28.1 Å². The van der Waals surface area contributed by atoms with Crippen molar-refractivity contribution in [2.75, 3.05) is 0 Å². The molecule has 0 saturated carbocycles. The molecule has 154 valence electrons. The molecule has 2 aromatic carbocycles. The Morgan fingerprint density at radius 2 is 1.76 bits per heavy atom. The number of aliphatic hydroxyl groups is 1. The number of alkyl halides is 3. The van der Waals surface area contributed by atoms with Crippen molar-refractivity contribution in [2.45, 2.75) is 17.9 Å². The van der Waals surface area contributed by atoms with Crippen LogP contribution in [-0.2, 0) is 0 Å². The van der Waals surface area contributed by atoms with Gasteiger partial charge in [0, 0.05) is 15.6 Å². The van der Waals surface area contributed by atoms with Crippen molar-refractivity contribution in [3.8, 4) is 5.75 Å². The largest absolute Gasteiger partial charge is 0.506 e. The van der Waals surface area contributed by atoms with Gasteiger partial charge in [0.15, 0.2) is 5.78 Å². The summed E-state index contributed by atoms with van der Waals surface area (Å²) in [5.74, 6) is -3.77. The average Bonchev–Trinajstić information content (AvgIpc) is 2.63. The molecule has 3 rings (SSSR count). The number of rotatable bonds is 3. The Balaban J connectivity index is 2.24. The number of ketones is 1. The van der Waals surface area contributed by atoms with E-state index in [0.717, 1.165) is 0 Å². The number of benzene rings is 2. The fraction of sp³-hybridized carbons (Fsp3) is 0.222. The van der Waals surface area contributed by atoms with E-state index in [1.807, 2.05) is 0 Å². The molecule has 1 aliphatic heterocycles. The van der Waals surface area contributed by atoms with Crippen molar-refractivity contribution in [1.82, 2.24) is 10.6 Å². The summed E-state index contributed by atoms with van der Waals surface area (Å²) in [5, 5.41) is 24.6. The highest BCUT2D eigenvalue weighted by atomic mass is 79.9. The van der Waals surface area contributed by atoms with Crippen LogP contribution < -0.4 is 10.6 Å². The number of nitrogens with one attached hydrogen (secondary N) is 2. The molecule has 3 atom stereocenters. The fourth-order valence-electron chi connectivity index (χ4n) is 3.20. The molecule has 2 amide bonds. The maximum absolute atomic E-state index is 13.8. The van der Waals surface area contributed by atoms with Gasteiger partial charge in [-0.3, -0.25) is 4.79 Å². The molecule has 0 aliphatic carbocycles. The summed E-state index contributed by atoms with van der Waals surface area (Å²) in [6.45, 7) is 0. The number of halogens is 5. The van der Waals surface area contributed by atoms with Crippen molar-refractivity contribution >= 4 is 43.7 Å². The number of urea groups is 1. The molecule has 0 bridgehead atoms. The van der Waals surface area contributed by atoms with E-state index in [0.29, 0.717) is 4.47 Å². The lowest BCUT2D eigenvalue weighted by Gasteiger charge is -2.45. The summed E-state index contributed by atoms with van der Waals surface area (Å²) in [7, 11) is 0. The van der Waals surface area contributed by atoms with Gasteiger partial charge in [0.1, 0.15) is 11.7 Å². The van der Waals surface area contributed by atoms with Crippen molar-refractivity contribution in [1.29, 1.82) is 0 Å². The van der Waals surface area contributed by atoms with Crippen LogP contribution in [0.2, 0.25) is 0 Å². The van der Waals surface area contributed by atoms with E-state index in [2.05, 4.69) is 37.2 Å². The Labute approximate surface area is 179 Å². The first-order valence-corrected chi connectivity index (χ1v) is 9.69. The molecular formula is C18H13Br2F3N2O4. The van der Waals surface area contributed by atoms with Crippen molar-refractivity contribution < 1.29 is 33.0 Å². The van der Waals surface area contributed by atoms with Crippen LogP contribution in [0, 0.1) is 5.92 Å². The van der Waals surface area contributed by atoms with Crippen LogP contribution in [0.5, 0.6) is 5.75 Å². The maximum atomic E-state index is 13.8. The number of amides is 2. The SMILES string of the molecule is O=C1N[C@H](c2cc(Br)cc(Br)c2O)[C@@H](C(=O)c2ccccc2)[C@@](O)(C(F)(F)F)N1. The van der Waals surface area contributed by atoms with Gasteiger partial charge in [0.2, 0.25) is 5.72 Å². The minimum Gasteiger partial charge on any atom is -0.506 e. The van der Waals surface area contributed by atoms with Crippen molar-refractivity contribution in [2.24, 2.45) is 5.92 Å². The first-order valence-electron chi connectivity index (χ1n) is 8.10. The van der Waals surface area contributed by atoms with Gasteiger partial charge in [-0.2, -0.15) is 13.2 Å². The van der Waals surface area contributed by atoms with Gasteiger partial charge in [-0.15, -0.1) is 0 Å². The number of hydrogen-bond acceptors (Lipinski definition) is 4. The minimum atomic E-state index is -5.38. The number of phenolic OH excluding ortho intramolecular Hbond substituents is 1. The first-order chi connectivity index (χ1) is 13.5. The second-order valence-corrected chi connectivity index (χ2v) is 8.14. The molecule has 0 unspecified atom stereocenters. The zero-order chi connectivity index (χ0) is 21.6. The van der Waals surface area contributed by atoms with Gasteiger partial charge in [-0.25, -0.2) is 4.79 Å². The van der Waals surface area contributed by atoms with Crippen molar-refractivity contribution in [3.63, 3.8) is 0 Å². The summed E-state index contributed by atoms with van der Waals surface area (Å²) >= 11 is 6.23. The molecule has 0 spiro atoms. The summed E-state index contributed by atoms with van der Waals surface area (Å²) in [6.07, 6.45) is -5.38. The van der Waals surface area contributed by atoms with Crippen LogP contribution in [0.25, 0.3) is 0 Å². The fourth-order valence-corrected chi connectivity index (χ4v) is 4.46. The molecule has 0 radical (unpaired) electrons. The Morgan fingerprint density at radius 3 is 2.34 bits per heavy atom. The van der Waals surface area contributed by atoms with Crippen LogP contribution in [-0.4, -0.2) is 33.9 Å². The van der Waals surface area contributed by atoms with Gasteiger partial charge in [0.25, 0.3) is 0 Å². The van der Waals surface area contributed by atoms with E-state index in [4.69, 9.17) is 0 Å².